The van der Waals surface area contributed by atoms with Crippen LogP contribution in [0.1, 0.15) is 24.0 Å². The third-order valence-electron chi connectivity index (χ3n) is 5.65. The quantitative estimate of drug-likeness (QED) is 0.476. The normalized spacial score (nSPS) is 18.3. The van der Waals surface area contributed by atoms with Crippen molar-refractivity contribution in [3.05, 3.63) is 76.5 Å². The van der Waals surface area contributed by atoms with Crippen LogP contribution in [0.3, 0.4) is 0 Å². The van der Waals surface area contributed by atoms with Gasteiger partial charge in [-0.3, -0.25) is 0 Å². The summed E-state index contributed by atoms with van der Waals surface area (Å²) >= 11 is 0. The van der Waals surface area contributed by atoms with Gasteiger partial charge < -0.3 is 19.1 Å². The van der Waals surface area contributed by atoms with Crippen LogP contribution in [0.4, 0.5) is 0 Å². The fourth-order valence-corrected chi connectivity index (χ4v) is 4.06. The van der Waals surface area contributed by atoms with Crippen molar-refractivity contribution in [2.45, 2.75) is 12.8 Å². The van der Waals surface area contributed by atoms with Crippen molar-refractivity contribution in [3.63, 3.8) is 0 Å². The Morgan fingerprint density at radius 1 is 0.906 bits per heavy atom. The van der Waals surface area contributed by atoms with Crippen LogP contribution >= 0.6 is 0 Å². The summed E-state index contributed by atoms with van der Waals surface area (Å²) in [5, 5.41) is 8.66. The molecule has 6 heteroatoms. The highest BCUT2D eigenvalue weighted by Crippen LogP contribution is 2.35. The molecule has 0 N–H and O–H groups in total. The minimum absolute atomic E-state index is 0.729. The topological polar surface area (TPSA) is 55.7 Å². The van der Waals surface area contributed by atoms with E-state index in [1.54, 1.807) is 20.4 Å². The second-order valence-corrected chi connectivity index (χ2v) is 7.65. The van der Waals surface area contributed by atoms with E-state index < -0.39 is 0 Å². The van der Waals surface area contributed by atoms with Gasteiger partial charge in [0.15, 0.2) is 0 Å². The van der Waals surface area contributed by atoms with Crippen molar-refractivity contribution in [2.75, 3.05) is 40.5 Å². The molecule has 0 radical (unpaired) electrons. The molecule has 1 heterocycles. The van der Waals surface area contributed by atoms with Crippen LogP contribution < -0.4 is 9.47 Å². The molecule has 0 aromatic heterocycles. The van der Waals surface area contributed by atoms with E-state index in [2.05, 4.69) is 45.4 Å². The Morgan fingerprint density at radius 3 is 2.44 bits per heavy atom. The summed E-state index contributed by atoms with van der Waals surface area (Å²) < 4.78 is 16.3. The third kappa shape index (κ3) is 5.26. The van der Waals surface area contributed by atoms with Gasteiger partial charge in [-0.15, -0.1) is 0 Å². The van der Waals surface area contributed by atoms with Crippen molar-refractivity contribution in [1.29, 1.82) is 0 Å². The second-order valence-electron chi connectivity index (χ2n) is 7.65. The number of benzene rings is 2. The number of ether oxygens (including phenoxy) is 3. The zero-order valence-corrected chi connectivity index (χ0v) is 18.7. The Kier molecular flexibility index (Phi) is 7.35. The summed E-state index contributed by atoms with van der Waals surface area (Å²) in [7, 11) is 3.28. The molecule has 0 spiro atoms. The molecule has 0 amide bonds. The van der Waals surface area contributed by atoms with Crippen molar-refractivity contribution < 1.29 is 14.2 Å². The molecule has 32 heavy (non-hydrogen) atoms. The van der Waals surface area contributed by atoms with Gasteiger partial charge in [0.2, 0.25) is 0 Å². The molecule has 2 aliphatic rings. The zero-order chi connectivity index (χ0) is 22.2. The molecule has 1 aliphatic carbocycles. The minimum Gasteiger partial charge on any atom is -0.497 e. The Hall–Kier alpha value is -3.38. The van der Waals surface area contributed by atoms with Gasteiger partial charge in [-0.25, -0.2) is 0 Å². The SMILES string of the molecule is COc1ccc(OC)c(/C=N/N=C/C2=C(N3CCOCC3)C(=C/c3ccccc3)/CC2)c1. The molecule has 4 rings (SSSR count). The highest BCUT2D eigenvalue weighted by Gasteiger charge is 2.25. The first-order chi connectivity index (χ1) is 15.8. The molecule has 0 saturated carbocycles. The maximum Gasteiger partial charge on any atom is 0.127 e. The molecule has 0 unspecified atom stereocenters. The van der Waals surface area contributed by atoms with Gasteiger partial charge in [-0.05, 0) is 53.8 Å². The van der Waals surface area contributed by atoms with Crippen LogP contribution in [0.25, 0.3) is 6.08 Å². The number of morpholine rings is 1. The molecule has 2 aromatic rings. The summed E-state index contributed by atoms with van der Waals surface area (Å²) in [5.41, 5.74) is 5.87. The molecule has 0 bridgehead atoms. The number of methoxy groups -OCH3 is 2. The van der Waals surface area contributed by atoms with Crippen LogP contribution in [0.2, 0.25) is 0 Å². The Labute approximate surface area is 189 Å². The van der Waals surface area contributed by atoms with Gasteiger partial charge in [0.25, 0.3) is 0 Å². The second kappa shape index (κ2) is 10.8. The molecule has 6 nitrogen and oxygen atoms in total. The smallest absolute Gasteiger partial charge is 0.127 e. The number of rotatable bonds is 7. The van der Waals surface area contributed by atoms with E-state index >= 15 is 0 Å². The van der Waals surface area contributed by atoms with Gasteiger partial charge in [0.05, 0.1) is 39.9 Å². The summed E-state index contributed by atoms with van der Waals surface area (Å²) in [6.07, 6.45) is 7.82. The molecule has 2 aromatic carbocycles. The molecule has 1 saturated heterocycles. The molecule has 1 aliphatic heterocycles. The Balaban J connectivity index is 1.59. The number of nitrogens with zero attached hydrogens (tertiary/aromatic N) is 3. The first kappa shape index (κ1) is 21.8. The van der Waals surface area contributed by atoms with Crippen LogP contribution in [-0.2, 0) is 4.74 Å². The van der Waals surface area contributed by atoms with Crippen molar-refractivity contribution in [3.8, 4) is 11.5 Å². The highest BCUT2D eigenvalue weighted by molar-refractivity contribution is 5.87. The van der Waals surface area contributed by atoms with E-state index in [-0.39, 0.29) is 0 Å². The predicted molar refractivity (Wildman–Crippen MR) is 129 cm³/mol. The first-order valence-corrected chi connectivity index (χ1v) is 10.9. The lowest BCUT2D eigenvalue weighted by molar-refractivity contribution is 0.0548. The number of hydrogen-bond donors (Lipinski definition) is 0. The van der Waals surface area contributed by atoms with Gasteiger partial charge in [0, 0.05) is 24.4 Å². The van der Waals surface area contributed by atoms with E-state index in [0.29, 0.717) is 0 Å². The Morgan fingerprint density at radius 2 is 1.69 bits per heavy atom. The van der Waals surface area contributed by atoms with Gasteiger partial charge in [0.1, 0.15) is 11.5 Å². The van der Waals surface area contributed by atoms with Gasteiger partial charge in [-0.1, -0.05) is 30.3 Å². The van der Waals surface area contributed by atoms with Crippen molar-refractivity contribution in [2.24, 2.45) is 10.2 Å². The standard InChI is InChI=1S/C26H29N3O3/c1-30-24-10-11-25(31-2)23(17-24)19-28-27-18-22-9-8-21(16-20-6-4-3-5-7-20)26(22)29-12-14-32-15-13-29/h3-7,10-11,16-19H,8-9,12-15H2,1-2H3/b21-16+,27-18+,28-19+. The molecular weight excluding hydrogens is 402 g/mol. The predicted octanol–water partition coefficient (Wildman–Crippen LogP) is 4.57. The molecular formula is C26H29N3O3. The summed E-state index contributed by atoms with van der Waals surface area (Å²) in [6, 6.07) is 16.1. The zero-order valence-electron chi connectivity index (χ0n) is 18.7. The van der Waals surface area contributed by atoms with Crippen LogP contribution in [0.5, 0.6) is 11.5 Å². The molecule has 1 fully saturated rings. The summed E-state index contributed by atoms with van der Waals surface area (Å²) in [4.78, 5) is 2.42. The lowest BCUT2D eigenvalue weighted by atomic mass is 10.1. The van der Waals surface area contributed by atoms with Crippen LogP contribution in [-0.4, -0.2) is 57.9 Å². The first-order valence-electron chi connectivity index (χ1n) is 10.9. The lowest BCUT2D eigenvalue weighted by Crippen LogP contribution is -2.36. The van der Waals surface area contributed by atoms with E-state index in [0.717, 1.165) is 56.2 Å². The van der Waals surface area contributed by atoms with Crippen molar-refractivity contribution in [1.82, 2.24) is 4.90 Å². The van der Waals surface area contributed by atoms with E-state index in [1.165, 1.54) is 22.4 Å². The Bertz CT molecular complexity index is 1040. The maximum absolute atomic E-state index is 5.57. The largest absolute Gasteiger partial charge is 0.497 e. The average molecular weight is 432 g/mol. The van der Waals surface area contributed by atoms with Crippen LogP contribution in [0, 0.1) is 0 Å². The van der Waals surface area contributed by atoms with Crippen molar-refractivity contribution >= 4 is 18.5 Å². The average Bonchev–Trinajstić information content (AvgIpc) is 3.25. The third-order valence-corrected chi connectivity index (χ3v) is 5.65. The van der Waals surface area contributed by atoms with Gasteiger partial charge in [-0.2, -0.15) is 10.2 Å². The fourth-order valence-electron chi connectivity index (χ4n) is 4.06. The number of hydrogen-bond acceptors (Lipinski definition) is 6. The fraction of sp³-hybridized carbons (Fsp3) is 0.308. The van der Waals surface area contributed by atoms with Crippen LogP contribution in [0.15, 0.2) is 75.6 Å². The highest BCUT2D eigenvalue weighted by atomic mass is 16.5. The summed E-state index contributed by atoms with van der Waals surface area (Å²) in [5.74, 6) is 1.48. The minimum atomic E-state index is 0.729. The van der Waals surface area contributed by atoms with E-state index in [1.807, 2.05) is 30.5 Å². The molecule has 0 atom stereocenters. The van der Waals surface area contributed by atoms with E-state index in [4.69, 9.17) is 14.2 Å². The maximum atomic E-state index is 5.57. The monoisotopic (exact) mass is 431 g/mol. The van der Waals surface area contributed by atoms with Gasteiger partial charge >= 0.3 is 0 Å². The summed E-state index contributed by atoms with van der Waals surface area (Å²) in [6.45, 7) is 3.28. The molecule has 166 valence electrons. The number of allylic oxidation sites excluding steroid dienone is 2. The lowest BCUT2D eigenvalue weighted by Gasteiger charge is -2.31. The van der Waals surface area contributed by atoms with E-state index in [9.17, 15) is 0 Å².